The third-order valence-electron chi connectivity index (χ3n) is 2.95. The predicted molar refractivity (Wildman–Crippen MR) is 57.3 cm³/mol. The van der Waals surface area contributed by atoms with Crippen LogP contribution in [0.2, 0.25) is 0 Å². The average molecular weight is 227 g/mol. The number of hydrogen-bond donors (Lipinski definition) is 2. The predicted octanol–water partition coefficient (Wildman–Crippen LogP) is 1.25. The maximum absolute atomic E-state index is 13.7. The largest absolute Gasteiger partial charge is 0.325 e. The molecule has 16 heavy (non-hydrogen) atoms. The van der Waals surface area contributed by atoms with Crippen molar-refractivity contribution in [3.63, 3.8) is 0 Å². The quantitative estimate of drug-likeness (QED) is 0.799. The molecular weight excluding hydrogens is 212 g/mol. The molecule has 0 radical (unpaired) electrons. The molecule has 1 atom stereocenters. The van der Waals surface area contributed by atoms with E-state index in [1.54, 1.807) is 18.3 Å². The Kier molecular flexibility index (Phi) is 3.16. The molecule has 2 heterocycles. The lowest BCUT2D eigenvalue weighted by molar-refractivity contribution is -0.0479. The highest BCUT2D eigenvalue weighted by Gasteiger charge is 2.42. The van der Waals surface area contributed by atoms with Gasteiger partial charge in [0.1, 0.15) is 0 Å². The van der Waals surface area contributed by atoms with E-state index in [1.807, 2.05) is 0 Å². The van der Waals surface area contributed by atoms with Crippen LogP contribution >= 0.6 is 0 Å². The van der Waals surface area contributed by atoms with E-state index in [0.29, 0.717) is 24.3 Å². The van der Waals surface area contributed by atoms with E-state index in [-0.39, 0.29) is 13.0 Å². The average Bonchev–Trinajstić information content (AvgIpc) is 2.28. The summed E-state index contributed by atoms with van der Waals surface area (Å²) in [7, 11) is 0. The van der Waals surface area contributed by atoms with E-state index in [9.17, 15) is 8.78 Å². The van der Waals surface area contributed by atoms with Crippen LogP contribution in [0.25, 0.3) is 0 Å². The van der Waals surface area contributed by atoms with Gasteiger partial charge >= 0.3 is 0 Å². The number of piperidine rings is 1. The maximum atomic E-state index is 13.7. The molecule has 0 aromatic carbocycles. The Morgan fingerprint density at radius 1 is 1.56 bits per heavy atom. The summed E-state index contributed by atoms with van der Waals surface area (Å²) in [4.78, 5) is 4.01. The van der Waals surface area contributed by atoms with E-state index in [2.05, 4.69) is 10.3 Å². The summed E-state index contributed by atoms with van der Waals surface area (Å²) in [6.07, 6.45) is 1.43. The lowest BCUT2D eigenvalue weighted by atomic mass is 9.88. The highest BCUT2D eigenvalue weighted by molar-refractivity contribution is 5.24. The first-order valence-corrected chi connectivity index (χ1v) is 5.37. The van der Waals surface area contributed by atoms with Crippen molar-refractivity contribution in [2.45, 2.75) is 24.8 Å². The zero-order chi connectivity index (χ0) is 11.6. The summed E-state index contributed by atoms with van der Waals surface area (Å²) >= 11 is 0. The van der Waals surface area contributed by atoms with Gasteiger partial charge in [0.05, 0.1) is 11.6 Å². The van der Waals surface area contributed by atoms with Gasteiger partial charge in [-0.15, -0.1) is 0 Å². The van der Waals surface area contributed by atoms with Crippen molar-refractivity contribution in [2.75, 3.05) is 13.1 Å². The van der Waals surface area contributed by atoms with Crippen molar-refractivity contribution in [3.05, 3.63) is 29.6 Å². The van der Waals surface area contributed by atoms with Crippen molar-refractivity contribution < 1.29 is 8.78 Å². The number of pyridine rings is 1. The summed E-state index contributed by atoms with van der Waals surface area (Å²) < 4.78 is 27.4. The smallest absolute Gasteiger partial charge is 0.257 e. The van der Waals surface area contributed by atoms with E-state index in [4.69, 9.17) is 5.73 Å². The number of rotatable bonds is 2. The summed E-state index contributed by atoms with van der Waals surface area (Å²) in [6.45, 7) is 0.957. The van der Waals surface area contributed by atoms with Crippen LogP contribution in [0.3, 0.4) is 0 Å². The Bertz CT molecular complexity index is 368. The highest BCUT2D eigenvalue weighted by Crippen LogP contribution is 2.37. The van der Waals surface area contributed by atoms with Gasteiger partial charge in [-0.1, -0.05) is 0 Å². The third kappa shape index (κ3) is 2.20. The van der Waals surface area contributed by atoms with Crippen molar-refractivity contribution in [3.8, 4) is 0 Å². The number of nitrogens with one attached hydrogen (secondary N) is 1. The molecule has 1 unspecified atom stereocenters. The van der Waals surface area contributed by atoms with E-state index < -0.39 is 11.8 Å². The van der Waals surface area contributed by atoms with Gasteiger partial charge in [-0.2, -0.15) is 0 Å². The van der Waals surface area contributed by atoms with Gasteiger partial charge in [-0.05, 0) is 17.7 Å². The molecule has 0 saturated carbocycles. The Morgan fingerprint density at radius 3 is 3.06 bits per heavy atom. The fourth-order valence-corrected chi connectivity index (χ4v) is 2.01. The van der Waals surface area contributed by atoms with E-state index in [1.165, 1.54) is 0 Å². The summed E-state index contributed by atoms with van der Waals surface area (Å²) in [5.41, 5.74) is 6.72. The molecule has 0 aliphatic carbocycles. The molecule has 0 spiro atoms. The molecule has 1 aromatic rings. The van der Waals surface area contributed by atoms with Gasteiger partial charge in [0.25, 0.3) is 5.92 Å². The second-order valence-electron chi connectivity index (χ2n) is 4.05. The van der Waals surface area contributed by atoms with Crippen LogP contribution in [0.4, 0.5) is 8.78 Å². The summed E-state index contributed by atoms with van der Waals surface area (Å²) in [5, 5.41) is 2.99. The van der Waals surface area contributed by atoms with Gasteiger partial charge in [-0.3, -0.25) is 4.98 Å². The number of alkyl halides is 2. The summed E-state index contributed by atoms with van der Waals surface area (Å²) in [5.74, 6) is -3.41. The topological polar surface area (TPSA) is 50.9 Å². The number of aromatic nitrogens is 1. The molecule has 0 amide bonds. The van der Waals surface area contributed by atoms with Gasteiger partial charge in [-0.25, -0.2) is 8.78 Å². The summed E-state index contributed by atoms with van der Waals surface area (Å²) in [6, 6.07) is 3.32. The second-order valence-corrected chi connectivity index (χ2v) is 4.05. The molecule has 3 N–H and O–H groups in total. The van der Waals surface area contributed by atoms with Crippen molar-refractivity contribution in [2.24, 2.45) is 5.73 Å². The van der Waals surface area contributed by atoms with Crippen LogP contribution in [-0.4, -0.2) is 24.0 Å². The van der Waals surface area contributed by atoms with Crippen LogP contribution in [-0.2, 0) is 6.54 Å². The minimum atomic E-state index is -2.64. The normalized spacial score (nSPS) is 24.3. The fourth-order valence-electron chi connectivity index (χ4n) is 2.01. The van der Waals surface area contributed by atoms with Crippen molar-refractivity contribution >= 4 is 0 Å². The number of halogens is 2. The maximum Gasteiger partial charge on any atom is 0.257 e. The zero-order valence-electron chi connectivity index (χ0n) is 8.92. The minimum absolute atomic E-state index is 0.113. The third-order valence-corrected chi connectivity index (χ3v) is 2.95. The van der Waals surface area contributed by atoms with Crippen LogP contribution in [0.15, 0.2) is 18.3 Å². The Balaban J connectivity index is 2.27. The van der Waals surface area contributed by atoms with Gasteiger partial charge in [0.2, 0.25) is 0 Å². The lowest BCUT2D eigenvalue weighted by Gasteiger charge is -2.32. The highest BCUT2D eigenvalue weighted by atomic mass is 19.3. The van der Waals surface area contributed by atoms with Crippen LogP contribution in [0.1, 0.15) is 23.6 Å². The second kappa shape index (κ2) is 4.43. The monoisotopic (exact) mass is 227 g/mol. The first-order valence-electron chi connectivity index (χ1n) is 5.37. The molecule has 1 fully saturated rings. The Labute approximate surface area is 93.1 Å². The molecular formula is C11H15F2N3. The van der Waals surface area contributed by atoms with Crippen LogP contribution in [0.5, 0.6) is 0 Å². The van der Waals surface area contributed by atoms with E-state index >= 15 is 0 Å². The van der Waals surface area contributed by atoms with Crippen molar-refractivity contribution in [1.29, 1.82) is 0 Å². The zero-order valence-corrected chi connectivity index (χ0v) is 8.92. The molecule has 88 valence electrons. The molecule has 1 saturated heterocycles. The van der Waals surface area contributed by atoms with E-state index in [0.717, 1.165) is 0 Å². The molecule has 1 aliphatic rings. The first-order chi connectivity index (χ1) is 7.63. The van der Waals surface area contributed by atoms with Crippen LogP contribution in [0, 0.1) is 0 Å². The molecule has 1 aliphatic heterocycles. The minimum Gasteiger partial charge on any atom is -0.325 e. The molecule has 3 nitrogen and oxygen atoms in total. The van der Waals surface area contributed by atoms with Gasteiger partial charge in [0, 0.05) is 32.3 Å². The van der Waals surface area contributed by atoms with Gasteiger partial charge < -0.3 is 11.1 Å². The molecule has 5 heteroatoms. The first kappa shape index (κ1) is 11.4. The number of nitrogens with two attached hydrogens (primary N) is 1. The molecule has 0 bridgehead atoms. The number of hydrogen-bond acceptors (Lipinski definition) is 3. The Hall–Kier alpha value is -1.07. The number of nitrogens with zero attached hydrogens (tertiary/aromatic N) is 1. The molecule has 1 aromatic heterocycles. The Morgan fingerprint density at radius 2 is 2.38 bits per heavy atom. The fraction of sp³-hybridized carbons (Fsp3) is 0.545. The van der Waals surface area contributed by atoms with Crippen molar-refractivity contribution in [1.82, 2.24) is 10.3 Å². The molecule has 2 rings (SSSR count). The lowest BCUT2D eigenvalue weighted by Crippen LogP contribution is -2.43. The van der Waals surface area contributed by atoms with Crippen LogP contribution < -0.4 is 11.1 Å². The standard InChI is InChI=1S/C11H15F2N3/c12-11(13)2-4-15-7-10(11)8-1-3-16-9(5-8)6-14/h1,3,5,10,15H,2,4,6-7,14H2. The van der Waals surface area contributed by atoms with Gasteiger partial charge in [0.15, 0.2) is 0 Å². The SMILES string of the molecule is NCc1cc(C2CNCCC2(F)F)ccn1.